The van der Waals surface area contributed by atoms with Crippen LogP contribution in [-0.4, -0.2) is 20.5 Å². The first kappa shape index (κ1) is 14.3. The summed E-state index contributed by atoms with van der Waals surface area (Å²) in [5.74, 6) is 0.595. The highest BCUT2D eigenvalue weighted by atomic mass is 32.2. The largest absolute Gasteiger partial charge is 0.495 e. The van der Waals surface area contributed by atoms with E-state index in [1.54, 1.807) is 30.5 Å². The minimum atomic E-state index is -3.73. The van der Waals surface area contributed by atoms with Gasteiger partial charge in [-0.05, 0) is 49.2 Å². The molecule has 0 aliphatic heterocycles. The highest BCUT2D eigenvalue weighted by Crippen LogP contribution is 2.26. The number of aromatic nitrogens is 1. The molecule has 2 rings (SSSR count). The molecule has 6 heteroatoms. The highest BCUT2D eigenvalue weighted by Gasteiger charge is 2.20. The minimum absolute atomic E-state index is 0.0916. The Morgan fingerprint density at radius 3 is 2.45 bits per heavy atom. The van der Waals surface area contributed by atoms with Gasteiger partial charge in [-0.1, -0.05) is 6.07 Å². The molecule has 1 aromatic carbocycles. The van der Waals surface area contributed by atoms with Crippen molar-refractivity contribution in [2.24, 2.45) is 0 Å². The summed E-state index contributed by atoms with van der Waals surface area (Å²) in [6, 6.07) is 8.38. The van der Waals surface area contributed by atoms with Crippen molar-refractivity contribution >= 4 is 15.8 Å². The fraction of sp³-hybridized carbons (Fsp3) is 0.214. The number of benzene rings is 1. The SMILES string of the molecule is COc1cc(C)ccc1S(=O)(=O)Nc1cc(C)ccn1. The third kappa shape index (κ3) is 3.08. The molecule has 0 amide bonds. The van der Waals surface area contributed by atoms with Crippen LogP contribution in [0.1, 0.15) is 11.1 Å². The number of nitrogens with zero attached hydrogens (tertiary/aromatic N) is 1. The lowest BCUT2D eigenvalue weighted by Gasteiger charge is -2.11. The van der Waals surface area contributed by atoms with Gasteiger partial charge < -0.3 is 4.74 Å². The first-order chi connectivity index (χ1) is 9.42. The van der Waals surface area contributed by atoms with Crippen LogP contribution in [0.4, 0.5) is 5.82 Å². The number of aryl methyl sites for hydroxylation is 2. The van der Waals surface area contributed by atoms with E-state index in [9.17, 15) is 8.42 Å². The number of rotatable bonds is 4. The lowest BCUT2D eigenvalue weighted by atomic mass is 10.2. The van der Waals surface area contributed by atoms with Crippen molar-refractivity contribution in [1.82, 2.24) is 4.98 Å². The van der Waals surface area contributed by atoms with Crippen LogP contribution in [0, 0.1) is 13.8 Å². The van der Waals surface area contributed by atoms with Crippen LogP contribution in [0.3, 0.4) is 0 Å². The van der Waals surface area contributed by atoms with Crippen LogP contribution in [-0.2, 0) is 10.0 Å². The molecule has 0 bridgehead atoms. The van der Waals surface area contributed by atoms with Gasteiger partial charge in [0.25, 0.3) is 10.0 Å². The molecular weight excluding hydrogens is 276 g/mol. The number of pyridine rings is 1. The third-order valence-corrected chi connectivity index (χ3v) is 4.16. The van der Waals surface area contributed by atoms with Crippen LogP contribution in [0.15, 0.2) is 41.4 Å². The highest BCUT2D eigenvalue weighted by molar-refractivity contribution is 7.92. The average molecular weight is 292 g/mol. The molecule has 0 saturated heterocycles. The van der Waals surface area contributed by atoms with Crippen LogP contribution in [0.5, 0.6) is 5.75 Å². The zero-order valence-corrected chi connectivity index (χ0v) is 12.4. The predicted molar refractivity (Wildman–Crippen MR) is 77.5 cm³/mol. The van der Waals surface area contributed by atoms with E-state index in [4.69, 9.17) is 4.74 Å². The number of hydrogen-bond acceptors (Lipinski definition) is 4. The van der Waals surface area contributed by atoms with Gasteiger partial charge in [0, 0.05) is 6.20 Å². The molecule has 0 aliphatic carbocycles. The fourth-order valence-corrected chi connectivity index (χ4v) is 2.93. The Balaban J connectivity index is 2.40. The summed E-state index contributed by atoms with van der Waals surface area (Å²) in [5.41, 5.74) is 1.85. The maximum absolute atomic E-state index is 12.4. The second-order valence-electron chi connectivity index (χ2n) is 4.48. The van der Waals surface area contributed by atoms with Crippen LogP contribution in [0.25, 0.3) is 0 Å². The first-order valence-corrected chi connectivity index (χ1v) is 7.51. The summed E-state index contributed by atoms with van der Waals surface area (Å²) in [6.07, 6.45) is 1.56. The van der Waals surface area contributed by atoms with Crippen LogP contribution in [0.2, 0.25) is 0 Å². The Kier molecular flexibility index (Phi) is 3.94. The molecule has 1 aromatic heterocycles. The number of anilines is 1. The van der Waals surface area contributed by atoms with E-state index in [0.29, 0.717) is 5.75 Å². The number of methoxy groups -OCH3 is 1. The maximum atomic E-state index is 12.4. The number of nitrogens with one attached hydrogen (secondary N) is 1. The molecule has 1 heterocycles. The molecule has 0 spiro atoms. The standard InChI is InChI=1S/C14H16N2O3S/c1-10-4-5-13(12(8-10)19-3)20(17,18)16-14-9-11(2)6-7-15-14/h4-9H,1-3H3,(H,15,16). The fourth-order valence-electron chi connectivity index (χ4n) is 1.78. The quantitative estimate of drug-likeness (QED) is 0.940. The van der Waals surface area contributed by atoms with Gasteiger partial charge in [-0.15, -0.1) is 0 Å². The Hall–Kier alpha value is -2.08. The molecule has 0 aliphatic rings. The zero-order valence-electron chi connectivity index (χ0n) is 11.5. The lowest BCUT2D eigenvalue weighted by molar-refractivity contribution is 0.402. The topological polar surface area (TPSA) is 68.3 Å². The van der Waals surface area contributed by atoms with Gasteiger partial charge in [0.15, 0.2) is 0 Å². The molecule has 0 atom stereocenters. The molecule has 0 saturated carbocycles. The van der Waals surface area contributed by atoms with Crippen molar-refractivity contribution < 1.29 is 13.2 Å². The van der Waals surface area contributed by atoms with Crippen molar-refractivity contribution in [1.29, 1.82) is 0 Å². The Morgan fingerprint density at radius 2 is 1.80 bits per heavy atom. The van der Waals surface area contributed by atoms with Crippen molar-refractivity contribution in [2.75, 3.05) is 11.8 Å². The lowest BCUT2D eigenvalue weighted by Crippen LogP contribution is -2.15. The Morgan fingerprint density at radius 1 is 1.10 bits per heavy atom. The second kappa shape index (κ2) is 5.50. The normalized spacial score (nSPS) is 11.2. The zero-order chi connectivity index (χ0) is 14.8. The summed E-state index contributed by atoms with van der Waals surface area (Å²) in [5, 5.41) is 0. The monoisotopic (exact) mass is 292 g/mol. The van der Waals surface area contributed by atoms with Gasteiger partial charge in [-0.25, -0.2) is 13.4 Å². The van der Waals surface area contributed by atoms with Gasteiger partial charge in [0.2, 0.25) is 0 Å². The smallest absolute Gasteiger partial charge is 0.266 e. The first-order valence-electron chi connectivity index (χ1n) is 6.02. The van der Waals surface area contributed by atoms with Gasteiger partial charge in [-0.2, -0.15) is 0 Å². The molecular formula is C14H16N2O3S. The maximum Gasteiger partial charge on any atom is 0.266 e. The number of ether oxygens (including phenoxy) is 1. The Labute approximate surface area is 118 Å². The van der Waals surface area contributed by atoms with Gasteiger partial charge in [0.1, 0.15) is 16.5 Å². The molecule has 0 unspecified atom stereocenters. The van der Waals surface area contributed by atoms with Crippen molar-refractivity contribution in [3.8, 4) is 5.75 Å². The van der Waals surface area contributed by atoms with Crippen LogP contribution >= 0.6 is 0 Å². The summed E-state index contributed by atoms with van der Waals surface area (Å²) < 4.78 is 32.3. The van der Waals surface area contributed by atoms with E-state index < -0.39 is 10.0 Å². The minimum Gasteiger partial charge on any atom is -0.495 e. The molecule has 20 heavy (non-hydrogen) atoms. The average Bonchev–Trinajstić information content (AvgIpc) is 2.37. The molecule has 2 aromatic rings. The third-order valence-electron chi connectivity index (χ3n) is 2.76. The van der Waals surface area contributed by atoms with E-state index in [1.165, 1.54) is 13.2 Å². The van der Waals surface area contributed by atoms with Gasteiger partial charge in [0.05, 0.1) is 7.11 Å². The molecule has 0 radical (unpaired) electrons. The van der Waals surface area contributed by atoms with Crippen molar-refractivity contribution in [2.45, 2.75) is 18.7 Å². The number of hydrogen-bond donors (Lipinski definition) is 1. The van der Waals surface area contributed by atoms with E-state index in [0.717, 1.165) is 11.1 Å². The molecule has 5 nitrogen and oxygen atoms in total. The summed E-state index contributed by atoms with van der Waals surface area (Å²) in [4.78, 5) is 4.08. The summed E-state index contributed by atoms with van der Waals surface area (Å²) in [7, 11) is -2.28. The van der Waals surface area contributed by atoms with Gasteiger partial charge >= 0.3 is 0 Å². The van der Waals surface area contributed by atoms with E-state index in [-0.39, 0.29) is 10.7 Å². The van der Waals surface area contributed by atoms with Gasteiger partial charge in [-0.3, -0.25) is 4.72 Å². The predicted octanol–water partition coefficient (Wildman–Crippen LogP) is 2.51. The van der Waals surface area contributed by atoms with Crippen molar-refractivity contribution in [3.05, 3.63) is 47.7 Å². The summed E-state index contributed by atoms with van der Waals surface area (Å²) in [6.45, 7) is 3.74. The van der Waals surface area contributed by atoms with Crippen LogP contribution < -0.4 is 9.46 Å². The van der Waals surface area contributed by atoms with E-state index in [2.05, 4.69) is 9.71 Å². The molecule has 106 valence electrons. The van der Waals surface area contributed by atoms with Crippen molar-refractivity contribution in [3.63, 3.8) is 0 Å². The Bertz CT molecular complexity index is 727. The van der Waals surface area contributed by atoms with E-state index >= 15 is 0 Å². The summed E-state index contributed by atoms with van der Waals surface area (Å²) >= 11 is 0. The molecule has 1 N–H and O–H groups in total. The molecule has 0 fully saturated rings. The number of sulfonamides is 1. The second-order valence-corrected chi connectivity index (χ2v) is 6.13. The van der Waals surface area contributed by atoms with E-state index in [1.807, 2.05) is 13.8 Å².